The molecule has 3 rings (SSSR count). The van der Waals surface area contributed by atoms with Crippen LogP contribution < -0.4 is 24.2 Å². The van der Waals surface area contributed by atoms with Crippen molar-refractivity contribution in [2.75, 3.05) is 13.9 Å². The zero-order chi connectivity index (χ0) is 21.9. The monoisotopic (exact) mass is 434 g/mol. The molecular weight excluding hydrogens is 408 g/mol. The number of hydrogen-bond donors (Lipinski definition) is 2. The maximum Gasteiger partial charge on any atom is 0.241 e. The Kier molecular flexibility index (Phi) is 6.52. The van der Waals surface area contributed by atoms with Gasteiger partial charge in [-0.15, -0.1) is 0 Å². The van der Waals surface area contributed by atoms with Crippen LogP contribution in [0.3, 0.4) is 0 Å². The van der Waals surface area contributed by atoms with Crippen LogP contribution in [0.5, 0.6) is 17.2 Å². The summed E-state index contributed by atoms with van der Waals surface area (Å²) in [6.07, 6.45) is 0. The molecule has 2 N–H and O–H groups in total. The van der Waals surface area contributed by atoms with E-state index < -0.39 is 22.0 Å². The van der Waals surface area contributed by atoms with Gasteiger partial charge in [0.1, 0.15) is 11.8 Å². The lowest BCUT2D eigenvalue weighted by atomic mass is 10.0. The first-order valence-electron chi connectivity index (χ1n) is 9.57. The van der Waals surface area contributed by atoms with Crippen LogP contribution in [0.4, 0.5) is 0 Å². The van der Waals surface area contributed by atoms with Crippen LogP contribution >= 0.6 is 0 Å². The van der Waals surface area contributed by atoms with Crippen molar-refractivity contribution in [3.05, 3.63) is 48.0 Å². The number of hydrogen-bond acceptors (Lipinski definition) is 6. The number of sulfonamides is 1. The molecule has 0 saturated carbocycles. The standard InChI is InChI=1S/C21H26N2O6S/c1-13(2)20(23-30(25,26)17-8-6-16(27-4)7-9-17)21(24)22-14(3)15-5-10-18-19(11-15)29-12-28-18/h5-11,13-14,20,23H,12H2,1-4H3,(H,22,24). The molecule has 0 fully saturated rings. The van der Waals surface area contributed by atoms with Gasteiger partial charge in [-0.3, -0.25) is 4.79 Å². The lowest BCUT2D eigenvalue weighted by Crippen LogP contribution is -2.50. The van der Waals surface area contributed by atoms with Crippen LogP contribution in [0, 0.1) is 5.92 Å². The molecule has 8 nitrogen and oxygen atoms in total. The Balaban J connectivity index is 1.72. The molecule has 1 heterocycles. The van der Waals surface area contributed by atoms with Crippen molar-refractivity contribution in [3.63, 3.8) is 0 Å². The molecule has 30 heavy (non-hydrogen) atoms. The van der Waals surface area contributed by atoms with E-state index in [-0.39, 0.29) is 23.6 Å². The van der Waals surface area contributed by atoms with Crippen molar-refractivity contribution in [3.8, 4) is 17.2 Å². The van der Waals surface area contributed by atoms with Crippen LogP contribution in [0.1, 0.15) is 32.4 Å². The first kappa shape index (κ1) is 21.9. The van der Waals surface area contributed by atoms with Gasteiger partial charge in [-0.2, -0.15) is 4.72 Å². The minimum Gasteiger partial charge on any atom is -0.497 e. The number of carbonyl (C=O) groups excluding carboxylic acids is 1. The van der Waals surface area contributed by atoms with Gasteiger partial charge in [0.15, 0.2) is 11.5 Å². The molecule has 0 saturated heterocycles. The second-order valence-corrected chi connectivity index (χ2v) is 9.08. The average molecular weight is 435 g/mol. The quantitative estimate of drug-likeness (QED) is 0.662. The Morgan fingerprint density at radius 2 is 1.70 bits per heavy atom. The summed E-state index contributed by atoms with van der Waals surface area (Å²) in [7, 11) is -2.38. The molecule has 0 aromatic heterocycles. The molecule has 2 atom stereocenters. The van der Waals surface area contributed by atoms with Gasteiger partial charge in [0.05, 0.1) is 18.0 Å². The molecule has 2 unspecified atom stereocenters. The summed E-state index contributed by atoms with van der Waals surface area (Å²) in [5.74, 6) is 1.15. The molecule has 9 heteroatoms. The largest absolute Gasteiger partial charge is 0.497 e. The molecule has 1 aliphatic heterocycles. The van der Waals surface area contributed by atoms with Crippen molar-refractivity contribution in [2.24, 2.45) is 5.92 Å². The number of fused-ring (bicyclic) bond motifs is 1. The van der Waals surface area contributed by atoms with Crippen molar-refractivity contribution in [1.29, 1.82) is 0 Å². The third kappa shape index (κ3) is 4.85. The molecule has 1 aliphatic rings. The van der Waals surface area contributed by atoms with Gasteiger partial charge in [-0.25, -0.2) is 8.42 Å². The van der Waals surface area contributed by atoms with Gasteiger partial charge in [0.2, 0.25) is 22.7 Å². The van der Waals surface area contributed by atoms with E-state index >= 15 is 0 Å². The van der Waals surface area contributed by atoms with Crippen molar-refractivity contribution < 1.29 is 27.4 Å². The third-order valence-electron chi connectivity index (χ3n) is 4.86. The molecule has 0 spiro atoms. The zero-order valence-electron chi connectivity index (χ0n) is 17.3. The number of carbonyl (C=O) groups is 1. The summed E-state index contributed by atoms with van der Waals surface area (Å²) in [6, 6.07) is 10.1. The summed E-state index contributed by atoms with van der Waals surface area (Å²) < 4.78 is 43.8. The van der Waals surface area contributed by atoms with E-state index in [1.54, 1.807) is 38.1 Å². The van der Waals surface area contributed by atoms with Gasteiger partial charge in [0.25, 0.3) is 0 Å². The highest BCUT2D eigenvalue weighted by molar-refractivity contribution is 7.89. The van der Waals surface area contributed by atoms with E-state index in [1.165, 1.54) is 19.2 Å². The van der Waals surface area contributed by atoms with Gasteiger partial charge >= 0.3 is 0 Å². The lowest BCUT2D eigenvalue weighted by molar-refractivity contribution is -0.124. The highest BCUT2D eigenvalue weighted by atomic mass is 32.2. The van der Waals surface area contributed by atoms with Gasteiger partial charge in [-0.05, 0) is 54.8 Å². The fraction of sp³-hybridized carbons (Fsp3) is 0.381. The predicted octanol–water partition coefficient (Wildman–Crippen LogP) is 2.60. The Morgan fingerprint density at radius 3 is 2.33 bits per heavy atom. The third-order valence-corrected chi connectivity index (χ3v) is 6.31. The normalized spacial score (nSPS) is 15.0. The van der Waals surface area contributed by atoms with Gasteiger partial charge < -0.3 is 19.5 Å². The van der Waals surface area contributed by atoms with Crippen LogP contribution in [0.2, 0.25) is 0 Å². The maximum absolute atomic E-state index is 12.9. The molecule has 0 bridgehead atoms. The van der Waals surface area contributed by atoms with Crippen LogP contribution in [-0.2, 0) is 14.8 Å². The van der Waals surface area contributed by atoms with Crippen LogP contribution in [0.15, 0.2) is 47.4 Å². The Morgan fingerprint density at radius 1 is 1.03 bits per heavy atom. The van der Waals surface area contributed by atoms with Crippen molar-refractivity contribution in [1.82, 2.24) is 10.0 Å². The summed E-state index contributed by atoms with van der Waals surface area (Å²) in [4.78, 5) is 13.0. The van der Waals surface area contributed by atoms with Crippen molar-refractivity contribution in [2.45, 2.75) is 37.8 Å². The highest BCUT2D eigenvalue weighted by Gasteiger charge is 2.29. The SMILES string of the molecule is COc1ccc(S(=O)(=O)NC(C(=O)NC(C)c2ccc3c(c2)OCO3)C(C)C)cc1. The Bertz CT molecular complexity index is 1000. The second kappa shape index (κ2) is 8.93. The molecular formula is C21H26N2O6S. The summed E-state index contributed by atoms with van der Waals surface area (Å²) in [5, 5.41) is 2.88. The summed E-state index contributed by atoms with van der Waals surface area (Å²) in [6.45, 7) is 5.56. The fourth-order valence-electron chi connectivity index (χ4n) is 3.05. The van der Waals surface area contributed by atoms with E-state index in [9.17, 15) is 13.2 Å². The van der Waals surface area contributed by atoms with E-state index in [1.807, 2.05) is 13.0 Å². The minimum atomic E-state index is -3.89. The molecule has 0 aliphatic carbocycles. The Hall–Kier alpha value is -2.78. The Labute approximate surface area is 176 Å². The number of ether oxygens (including phenoxy) is 3. The molecule has 2 aromatic carbocycles. The predicted molar refractivity (Wildman–Crippen MR) is 111 cm³/mol. The topological polar surface area (TPSA) is 103 Å². The second-order valence-electron chi connectivity index (χ2n) is 7.36. The van der Waals surface area contributed by atoms with E-state index in [0.717, 1.165) is 5.56 Å². The number of methoxy groups -OCH3 is 1. The first-order valence-corrected chi connectivity index (χ1v) is 11.1. The van der Waals surface area contributed by atoms with E-state index in [4.69, 9.17) is 14.2 Å². The fourth-order valence-corrected chi connectivity index (χ4v) is 4.40. The molecule has 2 aromatic rings. The van der Waals surface area contributed by atoms with E-state index in [2.05, 4.69) is 10.0 Å². The number of benzene rings is 2. The number of rotatable bonds is 8. The molecule has 1 amide bonds. The summed E-state index contributed by atoms with van der Waals surface area (Å²) in [5.41, 5.74) is 0.827. The van der Waals surface area contributed by atoms with Crippen LogP contribution in [0.25, 0.3) is 0 Å². The molecule has 0 radical (unpaired) electrons. The first-order chi connectivity index (χ1) is 14.2. The zero-order valence-corrected chi connectivity index (χ0v) is 18.2. The van der Waals surface area contributed by atoms with Gasteiger partial charge in [0, 0.05) is 0 Å². The lowest BCUT2D eigenvalue weighted by Gasteiger charge is -2.24. The van der Waals surface area contributed by atoms with Crippen molar-refractivity contribution >= 4 is 15.9 Å². The number of amides is 1. The van der Waals surface area contributed by atoms with Crippen LogP contribution in [-0.4, -0.2) is 34.3 Å². The number of nitrogens with one attached hydrogen (secondary N) is 2. The average Bonchev–Trinajstić information content (AvgIpc) is 3.19. The maximum atomic E-state index is 12.9. The van der Waals surface area contributed by atoms with E-state index in [0.29, 0.717) is 17.2 Å². The van der Waals surface area contributed by atoms with Gasteiger partial charge in [-0.1, -0.05) is 19.9 Å². The summed E-state index contributed by atoms with van der Waals surface area (Å²) >= 11 is 0. The highest BCUT2D eigenvalue weighted by Crippen LogP contribution is 2.34. The minimum absolute atomic E-state index is 0.0607. The molecule has 162 valence electrons. The smallest absolute Gasteiger partial charge is 0.241 e.